The second-order valence-electron chi connectivity index (χ2n) is 12.9. The number of para-hydroxylation sites is 4. The number of benzene rings is 8. The largest absolute Gasteiger partial charge is 0.278 e. The minimum atomic E-state index is -0.700. The van der Waals surface area contributed by atoms with Crippen molar-refractivity contribution in [3.05, 3.63) is 200 Å². The van der Waals surface area contributed by atoms with Gasteiger partial charge in [0.1, 0.15) is 0 Å². The Kier molecular flexibility index (Phi) is 4.57. The Morgan fingerprint density at radius 3 is 1.16 bits per heavy atom. The molecule has 0 aliphatic carbocycles. The molecule has 3 aromatic heterocycles. The lowest BCUT2D eigenvalue weighted by Gasteiger charge is -2.16. The average molecular weight is 732 g/mol. The van der Waals surface area contributed by atoms with Crippen molar-refractivity contribution in [3.63, 3.8) is 0 Å². The van der Waals surface area contributed by atoms with Gasteiger partial charge in [0, 0.05) is 27.1 Å². The van der Waals surface area contributed by atoms with Crippen molar-refractivity contribution in [2.24, 2.45) is 0 Å². The van der Waals surface area contributed by atoms with Gasteiger partial charge in [-0.25, -0.2) is 0 Å². The number of fused-ring (bicyclic) bond motifs is 6. The fourth-order valence-electron chi connectivity index (χ4n) is 7.27. The van der Waals surface area contributed by atoms with Crippen LogP contribution in [0.15, 0.2) is 200 Å². The van der Waals surface area contributed by atoms with Crippen LogP contribution in [0.2, 0.25) is 0 Å². The summed E-state index contributed by atoms with van der Waals surface area (Å²) in [6, 6.07) is 22.1. The second-order valence-corrected chi connectivity index (χ2v) is 12.9. The van der Waals surface area contributed by atoms with Gasteiger partial charge in [0.05, 0.1) is 44.0 Å². The highest BCUT2D eigenvalue weighted by molar-refractivity contribution is 6.10. The van der Waals surface area contributed by atoms with Gasteiger partial charge < -0.3 is 0 Å². The van der Waals surface area contributed by atoms with Gasteiger partial charge in [0.2, 0.25) is 11.9 Å². The van der Waals surface area contributed by atoms with Gasteiger partial charge in [-0.3, -0.25) is 9.13 Å². The zero-order valence-electron chi connectivity index (χ0n) is 45.1. The molecule has 0 amide bonds. The van der Waals surface area contributed by atoms with Crippen LogP contribution >= 0.6 is 0 Å². The summed E-state index contributed by atoms with van der Waals surface area (Å²) in [5.41, 5.74) is 4.03. The highest BCUT2D eigenvalue weighted by Gasteiger charge is 2.22. The molecule has 0 aliphatic heterocycles. The Bertz CT molecular complexity index is 3840. The van der Waals surface area contributed by atoms with Crippen LogP contribution in [-0.2, 0) is 0 Å². The summed E-state index contributed by atoms with van der Waals surface area (Å²) in [5.74, 6) is -1.09. The molecule has 0 aliphatic rings. The van der Waals surface area contributed by atoms with Crippen LogP contribution in [0.5, 0.6) is 0 Å². The van der Waals surface area contributed by atoms with Crippen molar-refractivity contribution < 1.29 is 21.9 Å². The number of hydrogen-bond acceptors (Lipinski definition) is 3. The highest BCUT2D eigenvalue weighted by Crippen LogP contribution is 2.39. The molecule has 0 radical (unpaired) electrons. The molecule has 5 nitrogen and oxygen atoms in total. The molecule has 0 saturated heterocycles. The molecule has 11 aromatic rings. The summed E-state index contributed by atoms with van der Waals surface area (Å²) in [7, 11) is 0. The standard InChI is InChI=1S/C51H33N5/c1-2-16-34(17-3-1)35-30-32-36(33-31-35)37-18-4-5-19-38(37)39-20-6-7-25-44(39)49-52-50(55-45-26-12-8-21-40(45)41-22-9-13-27-46(41)55)54-51(53-49)56-47-28-14-10-23-42(47)43-24-11-15-29-48(43)56/h1-33H/i8D,9D,10D,11D,12D,13D,14D,15D,21D,22D,23D,24D,26D,27D,28D,29D. The third kappa shape index (κ3) is 5.13. The van der Waals surface area contributed by atoms with Crippen molar-refractivity contribution in [3.8, 4) is 56.7 Å². The quantitative estimate of drug-likeness (QED) is 0.171. The molecule has 0 bridgehead atoms. The van der Waals surface area contributed by atoms with Gasteiger partial charge >= 0.3 is 0 Å². The predicted molar refractivity (Wildman–Crippen MR) is 230 cm³/mol. The van der Waals surface area contributed by atoms with E-state index in [1.54, 1.807) is 18.2 Å². The van der Waals surface area contributed by atoms with Gasteiger partial charge in [-0.1, -0.05) is 176 Å². The molecule has 0 spiro atoms. The Balaban J connectivity index is 1.30. The molecule has 0 atom stereocenters. The minimum absolute atomic E-state index is 0.145. The highest BCUT2D eigenvalue weighted by atomic mass is 15.3. The second kappa shape index (κ2) is 13.0. The lowest BCUT2D eigenvalue weighted by Crippen LogP contribution is -2.10. The summed E-state index contributed by atoms with van der Waals surface area (Å²) in [4.78, 5) is 14.7. The molecule has 5 heteroatoms. The van der Waals surface area contributed by atoms with Crippen LogP contribution < -0.4 is 0 Å². The lowest BCUT2D eigenvalue weighted by molar-refractivity contribution is 0.893. The van der Waals surface area contributed by atoms with Crippen molar-refractivity contribution >= 4 is 43.6 Å². The van der Waals surface area contributed by atoms with Crippen molar-refractivity contribution in [1.29, 1.82) is 0 Å². The predicted octanol–water partition coefficient (Wildman–Crippen LogP) is 12.7. The van der Waals surface area contributed by atoms with Gasteiger partial charge in [0.25, 0.3) is 0 Å². The first-order valence-corrected chi connectivity index (χ1v) is 17.6. The van der Waals surface area contributed by atoms with Crippen LogP contribution in [0.3, 0.4) is 0 Å². The summed E-state index contributed by atoms with van der Waals surface area (Å²) >= 11 is 0. The maximum Gasteiger partial charge on any atom is 0.240 e. The van der Waals surface area contributed by atoms with E-state index < -0.39 is 109 Å². The normalized spacial score (nSPS) is 15.6. The topological polar surface area (TPSA) is 48.5 Å². The first kappa shape index (κ1) is 19.6. The van der Waals surface area contributed by atoms with Crippen LogP contribution in [0.4, 0.5) is 0 Å². The molecule has 0 saturated carbocycles. The van der Waals surface area contributed by atoms with Gasteiger partial charge in [-0.05, 0) is 57.6 Å². The first-order chi connectivity index (χ1) is 34.4. The van der Waals surface area contributed by atoms with E-state index in [1.165, 1.54) is 0 Å². The molecule has 3 heterocycles. The molecular formula is C51H33N5. The van der Waals surface area contributed by atoms with Crippen molar-refractivity contribution in [2.75, 3.05) is 0 Å². The molecule has 8 aromatic carbocycles. The van der Waals surface area contributed by atoms with Crippen LogP contribution in [-0.4, -0.2) is 24.1 Å². The number of nitrogens with zero attached hydrogens (tertiary/aromatic N) is 5. The molecular weight excluding hydrogens is 683 g/mol. The minimum Gasteiger partial charge on any atom is -0.278 e. The van der Waals surface area contributed by atoms with E-state index in [0.29, 0.717) is 16.7 Å². The Morgan fingerprint density at radius 2 is 0.679 bits per heavy atom. The molecule has 56 heavy (non-hydrogen) atoms. The third-order valence-electron chi connectivity index (χ3n) is 9.77. The number of hydrogen-bond donors (Lipinski definition) is 0. The Labute approximate surface area is 345 Å². The molecule has 0 unspecified atom stereocenters. The van der Waals surface area contributed by atoms with Crippen LogP contribution in [0.1, 0.15) is 21.9 Å². The van der Waals surface area contributed by atoms with Crippen LogP contribution in [0, 0.1) is 0 Å². The van der Waals surface area contributed by atoms with E-state index in [2.05, 4.69) is 0 Å². The van der Waals surface area contributed by atoms with Crippen molar-refractivity contribution in [1.82, 2.24) is 24.1 Å². The lowest BCUT2D eigenvalue weighted by atomic mass is 9.91. The Hall–Kier alpha value is -7.63. The summed E-state index contributed by atoms with van der Waals surface area (Å²) < 4.78 is 145. The van der Waals surface area contributed by atoms with Gasteiger partial charge in [-0.2, -0.15) is 15.0 Å². The maximum atomic E-state index is 9.26. The SMILES string of the molecule is [2H]c1c([2H])c([2H])c2c(c1[2H])c1c([2H])c([2H])c([2H])c([2H])c1n2-c1nc(-c2ccccc2-c2ccccc2-c2ccc(-c3ccccc3)cc2)nc(-n2c3c([2H])c([2H])c([2H])c([2H])c3c3c([2H])c([2H])c([2H])c([2H])c32)n1. The zero-order chi connectivity index (χ0) is 50.9. The fraction of sp³-hybridized carbons (Fsp3) is 0. The van der Waals surface area contributed by atoms with E-state index in [9.17, 15) is 5.48 Å². The number of rotatable bonds is 6. The van der Waals surface area contributed by atoms with E-state index in [0.717, 1.165) is 31.4 Å². The smallest absolute Gasteiger partial charge is 0.240 e. The molecule has 262 valence electrons. The summed E-state index contributed by atoms with van der Waals surface area (Å²) in [5, 5.41) is -1.06. The zero-order valence-corrected chi connectivity index (χ0v) is 29.1. The summed E-state index contributed by atoms with van der Waals surface area (Å²) in [6.45, 7) is 0. The summed E-state index contributed by atoms with van der Waals surface area (Å²) in [6.07, 6.45) is 0. The third-order valence-corrected chi connectivity index (χ3v) is 9.77. The first-order valence-electron chi connectivity index (χ1n) is 25.6. The molecule has 0 fully saturated rings. The monoisotopic (exact) mass is 731 g/mol. The van der Waals surface area contributed by atoms with E-state index in [1.807, 2.05) is 84.9 Å². The maximum absolute atomic E-state index is 9.26. The van der Waals surface area contributed by atoms with E-state index in [-0.39, 0.29) is 49.4 Å². The van der Waals surface area contributed by atoms with Crippen molar-refractivity contribution in [2.45, 2.75) is 0 Å². The molecule has 11 rings (SSSR count). The van der Waals surface area contributed by atoms with Gasteiger partial charge in [0.15, 0.2) is 5.82 Å². The van der Waals surface area contributed by atoms with E-state index in [4.69, 9.17) is 31.4 Å². The van der Waals surface area contributed by atoms with Crippen LogP contribution in [0.25, 0.3) is 100 Å². The number of aromatic nitrogens is 5. The van der Waals surface area contributed by atoms with Gasteiger partial charge in [-0.15, -0.1) is 0 Å². The average Bonchev–Trinajstić information content (AvgIpc) is 3.96. The molecule has 0 N–H and O–H groups in total. The fourth-order valence-corrected chi connectivity index (χ4v) is 7.27. The van der Waals surface area contributed by atoms with E-state index >= 15 is 0 Å². The Morgan fingerprint density at radius 1 is 0.321 bits per heavy atom.